The summed E-state index contributed by atoms with van der Waals surface area (Å²) >= 11 is 0. The predicted octanol–water partition coefficient (Wildman–Crippen LogP) is 5.88. The van der Waals surface area contributed by atoms with Crippen molar-refractivity contribution >= 4 is 17.1 Å². The summed E-state index contributed by atoms with van der Waals surface area (Å²) in [6.45, 7) is 4.04. The molecule has 2 aromatic rings. The molecule has 0 saturated carbocycles. The van der Waals surface area contributed by atoms with Crippen molar-refractivity contribution in [2.75, 3.05) is 5.32 Å². The van der Waals surface area contributed by atoms with E-state index in [1.54, 1.807) is 6.07 Å². The van der Waals surface area contributed by atoms with Crippen LogP contribution in [0.4, 0.5) is 24.7 Å². The second-order valence-electron chi connectivity index (χ2n) is 5.43. The molecule has 1 heterocycles. The smallest absolute Gasteiger partial charge is 0.406 e. The van der Waals surface area contributed by atoms with Gasteiger partial charge in [-0.05, 0) is 43.2 Å². The van der Waals surface area contributed by atoms with Crippen LogP contribution in [0, 0.1) is 0 Å². The lowest BCUT2D eigenvalue weighted by Crippen LogP contribution is -2.16. The highest BCUT2D eigenvalue weighted by atomic mass is 19.4. The summed E-state index contributed by atoms with van der Waals surface area (Å²) in [7, 11) is 0. The number of unbranched alkanes of at least 4 members (excludes halogenated alkanes) is 1. The lowest BCUT2D eigenvalue weighted by Gasteiger charge is -2.10. The molecule has 0 amide bonds. The Morgan fingerprint density at radius 2 is 1.92 bits per heavy atom. The summed E-state index contributed by atoms with van der Waals surface area (Å²) in [6.07, 6.45) is 4.74. The Morgan fingerprint density at radius 1 is 1.19 bits per heavy atom. The van der Waals surface area contributed by atoms with Gasteiger partial charge in [0.2, 0.25) is 0 Å². The lowest BCUT2D eigenvalue weighted by molar-refractivity contribution is -0.274. The van der Waals surface area contributed by atoms with Crippen molar-refractivity contribution in [3.63, 3.8) is 0 Å². The second kappa shape index (κ2) is 9.03. The fraction of sp³-hybridized carbons (Fsp3) is 0.263. The summed E-state index contributed by atoms with van der Waals surface area (Å²) in [6, 6.07) is 7.25. The molecule has 2 rings (SSSR count). The number of alkyl halides is 3. The third-order valence-electron chi connectivity index (χ3n) is 3.32. The number of allylic oxidation sites excluding steroid dienone is 4. The van der Waals surface area contributed by atoms with Crippen molar-refractivity contribution in [1.82, 2.24) is 9.97 Å². The molecule has 1 aromatic carbocycles. The number of hydrogen-bond acceptors (Lipinski definition) is 4. The van der Waals surface area contributed by atoms with Crippen LogP contribution in [-0.4, -0.2) is 16.3 Å². The van der Waals surface area contributed by atoms with E-state index in [9.17, 15) is 13.2 Å². The molecular weight excluding hydrogens is 343 g/mol. The molecule has 0 aliphatic heterocycles. The van der Waals surface area contributed by atoms with Gasteiger partial charge in [-0.2, -0.15) is 0 Å². The van der Waals surface area contributed by atoms with Crippen molar-refractivity contribution in [2.24, 2.45) is 0 Å². The van der Waals surface area contributed by atoms with Crippen LogP contribution in [0.5, 0.6) is 5.75 Å². The third-order valence-corrected chi connectivity index (χ3v) is 3.32. The molecule has 138 valence electrons. The van der Waals surface area contributed by atoms with E-state index in [1.807, 2.05) is 19.1 Å². The average Bonchev–Trinajstić information content (AvgIpc) is 2.59. The molecule has 7 heteroatoms. The fourth-order valence-electron chi connectivity index (χ4n) is 2.21. The first-order chi connectivity index (χ1) is 12.4. The first-order valence-electron chi connectivity index (χ1n) is 8.19. The number of halogens is 3. The summed E-state index contributed by atoms with van der Waals surface area (Å²) in [4.78, 5) is 8.45. The molecule has 0 aliphatic carbocycles. The molecule has 0 fully saturated rings. The van der Waals surface area contributed by atoms with Crippen LogP contribution in [0.1, 0.15) is 32.4 Å². The van der Waals surface area contributed by atoms with Crippen LogP contribution in [0.15, 0.2) is 54.9 Å². The summed E-state index contributed by atoms with van der Waals surface area (Å²) in [5.74, 6) is 0.274. The largest absolute Gasteiger partial charge is 0.573 e. The average molecular weight is 363 g/mol. The Balaban J connectivity index is 2.15. The van der Waals surface area contributed by atoms with Gasteiger partial charge >= 0.3 is 6.36 Å². The topological polar surface area (TPSA) is 47.0 Å². The number of anilines is 2. The fourth-order valence-corrected chi connectivity index (χ4v) is 2.21. The molecule has 26 heavy (non-hydrogen) atoms. The molecule has 0 atom stereocenters. The first-order valence-corrected chi connectivity index (χ1v) is 8.19. The maximum atomic E-state index is 12.2. The second-order valence-corrected chi connectivity index (χ2v) is 5.43. The molecule has 0 unspecified atom stereocenters. The van der Waals surface area contributed by atoms with Crippen LogP contribution in [0.25, 0.3) is 5.57 Å². The van der Waals surface area contributed by atoms with E-state index in [0.717, 1.165) is 24.1 Å². The molecule has 4 nitrogen and oxygen atoms in total. The number of hydrogen-bond donors (Lipinski definition) is 1. The zero-order valence-corrected chi connectivity index (χ0v) is 14.5. The van der Waals surface area contributed by atoms with Crippen molar-refractivity contribution in [1.29, 1.82) is 0 Å². The minimum Gasteiger partial charge on any atom is -0.406 e. The Morgan fingerprint density at radius 3 is 2.54 bits per heavy atom. The van der Waals surface area contributed by atoms with E-state index in [1.165, 1.54) is 30.6 Å². The number of nitrogens with zero attached hydrogens (tertiary/aromatic N) is 2. The third kappa shape index (κ3) is 6.23. The highest BCUT2D eigenvalue weighted by molar-refractivity contribution is 5.73. The van der Waals surface area contributed by atoms with E-state index < -0.39 is 6.36 Å². The summed E-state index contributed by atoms with van der Waals surface area (Å²) in [5.41, 5.74) is 2.36. The summed E-state index contributed by atoms with van der Waals surface area (Å²) < 4.78 is 40.4. The standard InChI is InChI=1S/C19H20F3N3O/c1-3-5-7-14(6-4-2)17-12-18(24-13-23-17)25-15-8-10-16(11-9-15)26-19(20,21)22/h4,6-13H,3,5H2,1-2H3,(H,23,24,25)/b6-4-,14-7+. The minimum absolute atomic E-state index is 0.274. The van der Waals surface area contributed by atoms with Crippen molar-refractivity contribution in [3.8, 4) is 5.75 Å². The van der Waals surface area contributed by atoms with E-state index in [4.69, 9.17) is 0 Å². The monoisotopic (exact) mass is 363 g/mol. The quantitative estimate of drug-likeness (QED) is 0.624. The van der Waals surface area contributed by atoms with E-state index in [0.29, 0.717) is 11.5 Å². The number of benzene rings is 1. The minimum atomic E-state index is -4.70. The van der Waals surface area contributed by atoms with Crippen LogP contribution in [0.3, 0.4) is 0 Å². The van der Waals surface area contributed by atoms with Gasteiger partial charge in [-0.15, -0.1) is 13.2 Å². The van der Waals surface area contributed by atoms with Crippen molar-refractivity contribution in [3.05, 3.63) is 60.6 Å². The zero-order chi connectivity index (χ0) is 19.0. The molecule has 1 N–H and O–H groups in total. The number of rotatable bonds is 7. The summed E-state index contributed by atoms with van der Waals surface area (Å²) in [5, 5.41) is 3.05. The van der Waals surface area contributed by atoms with Gasteiger partial charge in [0, 0.05) is 11.8 Å². The van der Waals surface area contributed by atoms with E-state index in [2.05, 4.69) is 33.0 Å². The van der Waals surface area contributed by atoms with Gasteiger partial charge in [0.1, 0.15) is 17.9 Å². The van der Waals surface area contributed by atoms with Gasteiger partial charge in [0.05, 0.1) is 5.69 Å². The number of nitrogens with one attached hydrogen (secondary N) is 1. The van der Waals surface area contributed by atoms with Crippen LogP contribution in [-0.2, 0) is 0 Å². The van der Waals surface area contributed by atoms with Crippen LogP contribution < -0.4 is 10.1 Å². The Labute approximate surface area is 150 Å². The molecule has 0 bridgehead atoms. The van der Waals surface area contributed by atoms with Gasteiger partial charge in [-0.1, -0.05) is 31.6 Å². The van der Waals surface area contributed by atoms with Gasteiger partial charge < -0.3 is 10.1 Å². The van der Waals surface area contributed by atoms with Gasteiger partial charge in [-0.25, -0.2) is 9.97 Å². The Kier molecular flexibility index (Phi) is 6.77. The SMILES string of the molecule is C/C=C\C(=C/CCC)c1cc(Nc2ccc(OC(F)(F)F)cc2)ncn1. The van der Waals surface area contributed by atoms with Gasteiger partial charge in [0.15, 0.2) is 0 Å². The van der Waals surface area contributed by atoms with Gasteiger partial charge in [0.25, 0.3) is 0 Å². The highest BCUT2D eigenvalue weighted by Gasteiger charge is 2.30. The zero-order valence-electron chi connectivity index (χ0n) is 14.5. The predicted molar refractivity (Wildman–Crippen MR) is 96.1 cm³/mol. The normalized spacial score (nSPS) is 12.4. The van der Waals surface area contributed by atoms with Crippen molar-refractivity contribution in [2.45, 2.75) is 33.1 Å². The molecule has 0 aliphatic rings. The van der Waals surface area contributed by atoms with Gasteiger partial charge in [-0.3, -0.25) is 0 Å². The molecule has 0 radical (unpaired) electrons. The Hall–Kier alpha value is -2.83. The molecule has 1 aromatic heterocycles. The van der Waals surface area contributed by atoms with Crippen molar-refractivity contribution < 1.29 is 17.9 Å². The number of ether oxygens (including phenoxy) is 1. The van der Waals surface area contributed by atoms with E-state index in [-0.39, 0.29) is 5.75 Å². The molecule has 0 saturated heterocycles. The highest BCUT2D eigenvalue weighted by Crippen LogP contribution is 2.25. The van der Waals surface area contributed by atoms with E-state index >= 15 is 0 Å². The maximum absolute atomic E-state index is 12.2. The Bertz CT molecular complexity index is 768. The molecule has 0 spiro atoms. The first kappa shape index (κ1) is 19.5. The molecular formula is C19H20F3N3O. The van der Waals surface area contributed by atoms with Crippen LogP contribution in [0.2, 0.25) is 0 Å². The lowest BCUT2D eigenvalue weighted by atomic mass is 10.1. The maximum Gasteiger partial charge on any atom is 0.573 e. The number of aromatic nitrogens is 2. The van der Waals surface area contributed by atoms with Crippen LogP contribution >= 0.6 is 0 Å².